The Labute approximate surface area is 137 Å². The van der Waals surface area contributed by atoms with Gasteiger partial charge in [0.15, 0.2) is 0 Å². The van der Waals surface area contributed by atoms with Crippen molar-refractivity contribution in [1.82, 2.24) is 20.1 Å². The second kappa shape index (κ2) is 8.62. The molecule has 0 aliphatic carbocycles. The fourth-order valence-corrected chi connectivity index (χ4v) is 2.84. The first-order valence-corrected chi connectivity index (χ1v) is 8.16. The van der Waals surface area contributed by atoms with Crippen LogP contribution in [-0.2, 0) is 16.0 Å². The predicted octanol–water partition coefficient (Wildman–Crippen LogP) is 0.683. The van der Waals surface area contributed by atoms with Crippen LogP contribution in [0, 0.1) is 0 Å². The maximum atomic E-state index is 11.9. The van der Waals surface area contributed by atoms with Crippen LogP contribution < -0.4 is 5.32 Å². The summed E-state index contributed by atoms with van der Waals surface area (Å²) in [5.41, 5.74) is 0.911. The van der Waals surface area contributed by atoms with E-state index in [1.165, 1.54) is 0 Å². The minimum atomic E-state index is 0.00200. The second-order valence-electron chi connectivity index (χ2n) is 6.26. The van der Waals surface area contributed by atoms with Crippen LogP contribution in [0.4, 0.5) is 0 Å². The lowest BCUT2D eigenvalue weighted by Crippen LogP contribution is -2.40. The smallest absolute Gasteiger partial charge is 0.224 e. The van der Waals surface area contributed by atoms with Crippen LogP contribution >= 0.6 is 0 Å². The molecule has 1 saturated heterocycles. The van der Waals surface area contributed by atoms with E-state index in [0.717, 1.165) is 31.5 Å². The highest BCUT2D eigenvalue weighted by atomic mass is 16.2. The number of nitrogens with zero attached hydrogens (tertiary/aromatic N) is 3. The number of hydrogen-bond acceptors (Lipinski definition) is 4. The topological polar surface area (TPSA) is 65.5 Å². The fourth-order valence-electron chi connectivity index (χ4n) is 2.84. The molecule has 6 nitrogen and oxygen atoms in total. The van der Waals surface area contributed by atoms with Gasteiger partial charge in [-0.2, -0.15) is 0 Å². The zero-order valence-electron chi connectivity index (χ0n) is 14.0. The molecule has 0 bridgehead atoms. The van der Waals surface area contributed by atoms with E-state index in [9.17, 15) is 9.59 Å². The van der Waals surface area contributed by atoms with Gasteiger partial charge >= 0.3 is 0 Å². The fraction of sp³-hybridized carbons (Fsp3) is 0.588. The van der Waals surface area contributed by atoms with Crippen molar-refractivity contribution in [3.05, 3.63) is 30.1 Å². The average Bonchev–Trinajstić information content (AvgIpc) is 2.86. The molecule has 2 rings (SSSR count). The third-order valence-corrected chi connectivity index (χ3v) is 4.13. The highest BCUT2D eigenvalue weighted by Gasteiger charge is 2.30. The summed E-state index contributed by atoms with van der Waals surface area (Å²) in [5.74, 6) is 0.237. The summed E-state index contributed by atoms with van der Waals surface area (Å²) in [6, 6.07) is 3.97. The van der Waals surface area contributed by atoms with Crippen LogP contribution in [0.15, 0.2) is 24.5 Å². The molecule has 0 spiro atoms. The van der Waals surface area contributed by atoms with Crippen molar-refractivity contribution in [1.29, 1.82) is 0 Å². The van der Waals surface area contributed by atoms with E-state index < -0.39 is 0 Å². The van der Waals surface area contributed by atoms with Gasteiger partial charge < -0.3 is 15.1 Å². The number of aromatic nitrogens is 1. The molecule has 126 valence electrons. The van der Waals surface area contributed by atoms with Gasteiger partial charge in [0.25, 0.3) is 0 Å². The first kappa shape index (κ1) is 17.4. The van der Waals surface area contributed by atoms with E-state index in [-0.39, 0.29) is 17.9 Å². The molecule has 1 atom stereocenters. The summed E-state index contributed by atoms with van der Waals surface area (Å²) in [6.45, 7) is 2.24. The molecule has 1 aliphatic rings. The number of hydrogen-bond donors (Lipinski definition) is 1. The SMILES string of the molecule is CN(C)CCN1C(=O)CC[C@H]1CCNC(=O)Cc1cccnc1. The average molecular weight is 318 g/mol. The normalized spacial score (nSPS) is 17.8. The summed E-state index contributed by atoms with van der Waals surface area (Å²) in [5, 5.41) is 2.94. The molecule has 0 unspecified atom stereocenters. The van der Waals surface area contributed by atoms with Crippen LogP contribution in [0.2, 0.25) is 0 Å². The van der Waals surface area contributed by atoms with Crippen molar-refractivity contribution in [3.63, 3.8) is 0 Å². The van der Waals surface area contributed by atoms with Gasteiger partial charge in [-0.15, -0.1) is 0 Å². The predicted molar refractivity (Wildman–Crippen MR) is 88.9 cm³/mol. The Morgan fingerprint density at radius 3 is 3.00 bits per heavy atom. The first-order valence-electron chi connectivity index (χ1n) is 8.16. The minimum Gasteiger partial charge on any atom is -0.356 e. The second-order valence-corrected chi connectivity index (χ2v) is 6.26. The van der Waals surface area contributed by atoms with Crippen LogP contribution in [-0.4, -0.2) is 66.4 Å². The van der Waals surface area contributed by atoms with Gasteiger partial charge in [-0.1, -0.05) is 6.07 Å². The van der Waals surface area contributed by atoms with Crippen molar-refractivity contribution < 1.29 is 9.59 Å². The summed E-state index contributed by atoms with van der Waals surface area (Å²) in [6.07, 6.45) is 6.09. The van der Waals surface area contributed by atoms with Crippen LogP contribution in [0.5, 0.6) is 0 Å². The number of likely N-dealkylation sites (tertiary alicyclic amines) is 1. The standard InChI is InChI=1S/C17H26N4O2/c1-20(2)10-11-21-15(5-6-17(21)23)7-9-19-16(22)12-14-4-3-8-18-13-14/h3-4,8,13,15H,5-7,9-12H2,1-2H3,(H,19,22)/t15-/m0/s1. The molecule has 6 heteroatoms. The molecular weight excluding hydrogens is 292 g/mol. The van der Waals surface area contributed by atoms with Crippen molar-refractivity contribution in [2.75, 3.05) is 33.7 Å². The Bertz CT molecular complexity index is 519. The maximum Gasteiger partial charge on any atom is 0.224 e. The molecule has 1 fully saturated rings. The number of nitrogens with one attached hydrogen (secondary N) is 1. The Hall–Kier alpha value is -1.95. The Balaban J connectivity index is 1.72. The van der Waals surface area contributed by atoms with Crippen molar-refractivity contribution in [2.24, 2.45) is 0 Å². The molecule has 0 radical (unpaired) electrons. The lowest BCUT2D eigenvalue weighted by molar-refractivity contribution is -0.129. The lowest BCUT2D eigenvalue weighted by atomic mass is 10.1. The number of likely N-dealkylation sites (N-methyl/N-ethyl adjacent to an activating group) is 1. The van der Waals surface area contributed by atoms with Gasteiger partial charge in [0.1, 0.15) is 0 Å². The van der Waals surface area contributed by atoms with Gasteiger partial charge in [-0.25, -0.2) is 0 Å². The zero-order chi connectivity index (χ0) is 16.7. The van der Waals surface area contributed by atoms with E-state index in [1.807, 2.05) is 31.1 Å². The number of carbonyl (C=O) groups excluding carboxylic acids is 2. The summed E-state index contributed by atoms with van der Waals surface area (Å²) < 4.78 is 0. The van der Waals surface area contributed by atoms with E-state index in [4.69, 9.17) is 0 Å². The molecule has 1 aliphatic heterocycles. The van der Waals surface area contributed by atoms with E-state index in [0.29, 0.717) is 19.4 Å². The van der Waals surface area contributed by atoms with Gasteiger partial charge in [-0.05, 0) is 38.6 Å². The maximum absolute atomic E-state index is 11.9. The Morgan fingerprint density at radius 1 is 1.48 bits per heavy atom. The molecule has 0 aromatic carbocycles. The monoisotopic (exact) mass is 318 g/mol. The van der Waals surface area contributed by atoms with Crippen molar-refractivity contribution >= 4 is 11.8 Å². The van der Waals surface area contributed by atoms with Crippen LogP contribution in [0.1, 0.15) is 24.8 Å². The van der Waals surface area contributed by atoms with Gasteiger partial charge in [0.2, 0.25) is 11.8 Å². The lowest BCUT2D eigenvalue weighted by Gasteiger charge is -2.26. The largest absolute Gasteiger partial charge is 0.356 e. The van der Waals surface area contributed by atoms with Crippen LogP contribution in [0.25, 0.3) is 0 Å². The number of amides is 2. The number of rotatable bonds is 8. The quantitative estimate of drug-likeness (QED) is 0.766. The highest BCUT2D eigenvalue weighted by molar-refractivity contribution is 5.79. The summed E-state index contributed by atoms with van der Waals surface area (Å²) >= 11 is 0. The summed E-state index contributed by atoms with van der Waals surface area (Å²) in [7, 11) is 4.02. The van der Waals surface area contributed by atoms with E-state index >= 15 is 0 Å². The Kier molecular flexibility index (Phi) is 6.52. The molecular formula is C17H26N4O2. The minimum absolute atomic E-state index is 0.00200. The number of carbonyl (C=O) groups is 2. The number of pyridine rings is 1. The molecule has 2 amide bonds. The third kappa shape index (κ3) is 5.63. The molecule has 1 aromatic rings. The van der Waals surface area contributed by atoms with Crippen molar-refractivity contribution in [2.45, 2.75) is 31.7 Å². The molecule has 0 saturated carbocycles. The molecule has 2 heterocycles. The van der Waals surface area contributed by atoms with Crippen molar-refractivity contribution in [3.8, 4) is 0 Å². The molecule has 1 N–H and O–H groups in total. The zero-order valence-corrected chi connectivity index (χ0v) is 14.0. The van der Waals surface area contributed by atoms with Gasteiger partial charge in [0.05, 0.1) is 6.42 Å². The van der Waals surface area contributed by atoms with Crippen LogP contribution in [0.3, 0.4) is 0 Å². The Morgan fingerprint density at radius 2 is 2.30 bits per heavy atom. The third-order valence-electron chi connectivity index (χ3n) is 4.13. The van der Waals surface area contributed by atoms with Gasteiger partial charge in [0, 0.05) is 44.5 Å². The first-order chi connectivity index (χ1) is 11.1. The van der Waals surface area contributed by atoms with E-state index in [1.54, 1.807) is 12.4 Å². The molecule has 1 aromatic heterocycles. The van der Waals surface area contributed by atoms with E-state index in [2.05, 4.69) is 15.2 Å². The molecule has 23 heavy (non-hydrogen) atoms. The highest BCUT2D eigenvalue weighted by Crippen LogP contribution is 2.20. The van der Waals surface area contributed by atoms with Gasteiger partial charge in [-0.3, -0.25) is 14.6 Å². The summed E-state index contributed by atoms with van der Waals surface area (Å²) in [4.78, 5) is 31.9.